The van der Waals surface area contributed by atoms with Gasteiger partial charge in [0.15, 0.2) is 17.4 Å². The molecule has 238 valence electrons. The molecular formula is C33H30F5N7O. The van der Waals surface area contributed by atoms with E-state index >= 15 is 13.2 Å². The first-order valence-electron chi connectivity index (χ1n) is 15.3. The van der Waals surface area contributed by atoms with Crippen LogP contribution in [-0.4, -0.2) is 75.9 Å². The number of aromatic nitrogens is 3. The van der Waals surface area contributed by atoms with Crippen LogP contribution in [-0.2, 0) is 0 Å². The molecule has 3 N–H and O–H groups in total. The predicted molar refractivity (Wildman–Crippen MR) is 163 cm³/mol. The number of rotatable bonds is 5. The van der Waals surface area contributed by atoms with Gasteiger partial charge in [0.25, 0.3) is 0 Å². The molecule has 0 spiro atoms. The maximum Gasteiger partial charge on any atom is 0.319 e. The van der Waals surface area contributed by atoms with E-state index in [1.165, 1.54) is 29.3 Å². The van der Waals surface area contributed by atoms with Crippen LogP contribution in [0.15, 0.2) is 30.5 Å². The Hall–Kier alpha value is -4.28. The summed E-state index contributed by atoms with van der Waals surface area (Å²) in [5, 5.41) is 3.27. The summed E-state index contributed by atoms with van der Waals surface area (Å²) in [4.78, 5) is 16.8. The van der Waals surface area contributed by atoms with Crippen LogP contribution < -0.4 is 20.7 Å². The van der Waals surface area contributed by atoms with Gasteiger partial charge in [-0.25, -0.2) is 27.3 Å². The van der Waals surface area contributed by atoms with Crippen LogP contribution in [0, 0.1) is 24.0 Å². The second-order valence-electron chi connectivity index (χ2n) is 13.0. The molecule has 2 unspecified atom stereocenters. The van der Waals surface area contributed by atoms with E-state index in [9.17, 15) is 8.78 Å². The van der Waals surface area contributed by atoms with E-state index in [0.717, 1.165) is 19.4 Å². The highest BCUT2D eigenvalue weighted by atomic mass is 19.2. The minimum Gasteiger partial charge on any atom is -0.461 e. The number of nitrogens with zero attached hydrogens (tertiary/aromatic N) is 5. The summed E-state index contributed by atoms with van der Waals surface area (Å²) in [6.07, 6.45) is 7.80. The Morgan fingerprint density at radius 2 is 1.89 bits per heavy atom. The number of anilines is 2. The monoisotopic (exact) mass is 635 g/mol. The van der Waals surface area contributed by atoms with Gasteiger partial charge in [-0.2, -0.15) is 9.97 Å². The van der Waals surface area contributed by atoms with Gasteiger partial charge in [0.1, 0.15) is 35.6 Å². The maximum atomic E-state index is 16.8. The van der Waals surface area contributed by atoms with Gasteiger partial charge in [-0.05, 0) is 43.0 Å². The molecule has 0 amide bonds. The topological polar surface area (TPSA) is 92.4 Å². The Labute approximate surface area is 261 Å². The minimum absolute atomic E-state index is 0.0392. The van der Waals surface area contributed by atoms with Crippen molar-refractivity contribution in [3.8, 4) is 29.6 Å². The summed E-state index contributed by atoms with van der Waals surface area (Å²) in [6.45, 7) is 0.607. The summed E-state index contributed by atoms with van der Waals surface area (Å²) in [5.41, 5.74) is 5.52. The molecule has 0 saturated carbocycles. The Kier molecular flexibility index (Phi) is 6.40. The molecule has 13 heteroatoms. The van der Waals surface area contributed by atoms with E-state index in [2.05, 4.69) is 31.1 Å². The Bertz CT molecular complexity index is 1950. The maximum absolute atomic E-state index is 16.8. The van der Waals surface area contributed by atoms with Crippen molar-refractivity contribution in [2.75, 3.05) is 43.4 Å². The summed E-state index contributed by atoms with van der Waals surface area (Å²) in [6, 6.07) is 5.53. The molecule has 4 aromatic rings. The lowest BCUT2D eigenvalue weighted by molar-refractivity contribution is 0.0435. The van der Waals surface area contributed by atoms with Gasteiger partial charge < -0.3 is 15.4 Å². The van der Waals surface area contributed by atoms with Crippen LogP contribution in [0.25, 0.3) is 32.9 Å². The van der Waals surface area contributed by atoms with Gasteiger partial charge in [-0.15, -0.1) is 6.42 Å². The molecule has 2 aromatic heterocycles. The van der Waals surface area contributed by atoms with E-state index in [0.29, 0.717) is 18.4 Å². The summed E-state index contributed by atoms with van der Waals surface area (Å²) < 4.78 is 83.3. The number of nitrogens with one attached hydrogen (secondary N) is 1. The summed E-state index contributed by atoms with van der Waals surface area (Å²) in [7, 11) is 0. The Morgan fingerprint density at radius 1 is 1.11 bits per heavy atom. The van der Waals surface area contributed by atoms with E-state index in [1.807, 2.05) is 0 Å². The van der Waals surface area contributed by atoms with Crippen molar-refractivity contribution in [3.05, 3.63) is 47.7 Å². The number of benzene rings is 2. The zero-order valence-corrected chi connectivity index (χ0v) is 24.7. The molecular weight excluding hydrogens is 605 g/mol. The second-order valence-corrected chi connectivity index (χ2v) is 13.0. The number of pyridine rings is 1. The molecule has 4 aliphatic heterocycles. The summed E-state index contributed by atoms with van der Waals surface area (Å²) in [5.74, 6) is -3.21. The molecule has 8 nitrogen and oxygen atoms in total. The van der Waals surface area contributed by atoms with Gasteiger partial charge in [0.2, 0.25) is 0 Å². The number of piperazine rings is 1. The molecule has 8 rings (SSSR count). The van der Waals surface area contributed by atoms with Crippen LogP contribution in [0.1, 0.15) is 37.7 Å². The Balaban J connectivity index is 1.29. The molecule has 6 heterocycles. The Morgan fingerprint density at radius 3 is 2.65 bits per heavy atom. The molecule has 2 aromatic carbocycles. The number of nitrogen functional groups attached to an aromatic ring is 1. The standard InChI is InChI=1S/C33H30F5N7O/c1-2-21-24(35)5-4-18-10-20(39)11-22(25(18)21)27-26(36)28-23(13-40-27)29(44-15-32(37)7-8-33(38,16-44)43-32)42-30(41-28)46-17-31-6-3-9-45(31)14-19(34)12-31/h1,4-5,10-11,13,19,43H,3,6-9,12,14-17,39H2/t19-,31+,32?,33?/m1/s1. The number of alkyl halides is 3. The first kappa shape index (κ1) is 29.1. The lowest BCUT2D eigenvalue weighted by Gasteiger charge is -2.40. The molecule has 0 aliphatic carbocycles. The van der Waals surface area contributed by atoms with Crippen molar-refractivity contribution < 1.29 is 26.7 Å². The van der Waals surface area contributed by atoms with E-state index in [1.54, 1.807) is 6.07 Å². The van der Waals surface area contributed by atoms with E-state index in [4.69, 9.17) is 16.9 Å². The average molecular weight is 636 g/mol. The van der Waals surface area contributed by atoms with E-state index in [-0.39, 0.29) is 83.2 Å². The van der Waals surface area contributed by atoms with Crippen LogP contribution in [0.2, 0.25) is 0 Å². The first-order chi connectivity index (χ1) is 22.0. The fourth-order valence-corrected chi connectivity index (χ4v) is 7.93. The van der Waals surface area contributed by atoms with Crippen molar-refractivity contribution >= 4 is 33.2 Å². The van der Waals surface area contributed by atoms with E-state index < -0.39 is 34.9 Å². The number of nitrogens with two attached hydrogens (primary N) is 1. The zero-order chi connectivity index (χ0) is 32.0. The molecule has 2 bridgehead atoms. The lowest BCUT2D eigenvalue weighted by Crippen LogP contribution is -2.62. The third-order valence-corrected chi connectivity index (χ3v) is 9.91. The SMILES string of the molecule is C#Cc1c(F)ccc2cc(N)cc(-c3ncc4c(N5CC6(F)CCC(F)(C5)N6)nc(OC[C@@]56CCCN5C[C@H](F)C6)nc4c3F)c12. The van der Waals surface area contributed by atoms with Crippen molar-refractivity contribution in [2.45, 2.75) is 55.4 Å². The predicted octanol–water partition coefficient (Wildman–Crippen LogP) is 5.18. The van der Waals surface area contributed by atoms with Crippen molar-refractivity contribution in [3.63, 3.8) is 0 Å². The average Bonchev–Trinajstić information content (AvgIpc) is 3.61. The fourth-order valence-electron chi connectivity index (χ4n) is 7.93. The third-order valence-electron chi connectivity index (χ3n) is 9.91. The van der Waals surface area contributed by atoms with Crippen molar-refractivity contribution in [1.29, 1.82) is 0 Å². The number of hydrogen-bond acceptors (Lipinski definition) is 8. The highest BCUT2D eigenvalue weighted by Crippen LogP contribution is 2.44. The van der Waals surface area contributed by atoms with Gasteiger partial charge in [0.05, 0.1) is 29.6 Å². The zero-order valence-electron chi connectivity index (χ0n) is 24.7. The lowest BCUT2D eigenvalue weighted by atomic mass is 9.95. The minimum atomic E-state index is -2.02. The highest BCUT2D eigenvalue weighted by molar-refractivity contribution is 6.03. The van der Waals surface area contributed by atoms with Crippen LogP contribution in [0.5, 0.6) is 6.01 Å². The molecule has 46 heavy (non-hydrogen) atoms. The van der Waals surface area contributed by atoms with Crippen molar-refractivity contribution in [1.82, 2.24) is 25.2 Å². The van der Waals surface area contributed by atoms with Crippen LogP contribution in [0.4, 0.5) is 33.5 Å². The number of halogens is 5. The van der Waals surface area contributed by atoms with Gasteiger partial charge in [-0.3, -0.25) is 9.88 Å². The van der Waals surface area contributed by atoms with Gasteiger partial charge in [0, 0.05) is 48.6 Å². The highest BCUT2D eigenvalue weighted by Gasteiger charge is 2.55. The number of fused-ring (bicyclic) bond motifs is 5. The van der Waals surface area contributed by atoms with Crippen LogP contribution in [0.3, 0.4) is 0 Å². The summed E-state index contributed by atoms with van der Waals surface area (Å²) >= 11 is 0. The molecule has 4 aliphatic rings. The molecule has 4 atom stereocenters. The van der Waals surface area contributed by atoms with Gasteiger partial charge >= 0.3 is 6.01 Å². The molecule has 4 saturated heterocycles. The van der Waals surface area contributed by atoms with Gasteiger partial charge in [-0.1, -0.05) is 12.0 Å². The normalized spacial score (nSPS) is 29.0. The quantitative estimate of drug-likeness (QED) is 0.134. The second kappa shape index (κ2) is 10.1. The molecule has 4 fully saturated rings. The third kappa shape index (κ3) is 4.52. The van der Waals surface area contributed by atoms with Crippen molar-refractivity contribution in [2.24, 2.45) is 0 Å². The number of terminal acetylenes is 1. The number of ether oxygens (including phenoxy) is 1. The molecule has 0 radical (unpaired) electrons. The first-order valence-corrected chi connectivity index (χ1v) is 15.3. The largest absolute Gasteiger partial charge is 0.461 e. The van der Waals surface area contributed by atoms with Crippen LogP contribution >= 0.6 is 0 Å². The smallest absolute Gasteiger partial charge is 0.319 e. The fraction of sp³-hybridized carbons (Fsp3) is 0.424. The number of hydrogen-bond donors (Lipinski definition) is 2.